The highest BCUT2D eigenvalue weighted by Crippen LogP contribution is 2.36. The molecular weight excluding hydrogens is 240 g/mol. The highest BCUT2D eigenvalue weighted by Gasteiger charge is 2.42. The van der Waals surface area contributed by atoms with Gasteiger partial charge >= 0.3 is 0 Å². The van der Waals surface area contributed by atoms with Gasteiger partial charge in [-0.15, -0.1) is 0 Å². The summed E-state index contributed by atoms with van der Waals surface area (Å²) in [5.74, 6) is 0.102. The molecule has 0 aromatic carbocycles. The first-order chi connectivity index (χ1) is 9.13. The maximum absolute atomic E-state index is 12.2. The van der Waals surface area contributed by atoms with Gasteiger partial charge in [0, 0.05) is 12.6 Å². The van der Waals surface area contributed by atoms with Gasteiger partial charge in [0.15, 0.2) is 0 Å². The minimum absolute atomic E-state index is 0.00626. The van der Waals surface area contributed by atoms with Gasteiger partial charge in [-0.25, -0.2) is 0 Å². The maximum atomic E-state index is 12.2. The largest absolute Gasteiger partial charge is 0.376 e. The molecule has 2 aliphatic carbocycles. The number of nitrogens with two attached hydrogens (primary N) is 1. The minimum Gasteiger partial charge on any atom is -0.376 e. The average molecular weight is 268 g/mol. The van der Waals surface area contributed by atoms with Gasteiger partial charge in [-0.2, -0.15) is 0 Å². The molecule has 3 N–H and O–H groups in total. The van der Waals surface area contributed by atoms with Gasteiger partial charge in [0.05, 0.1) is 18.1 Å². The standard InChI is InChI=1S/C15H28N2O2/c1-15(9-5-8-13(15)16)14(18)17-10-11-19-12-6-3-2-4-7-12/h12-13H,2-11,16H2,1H3,(H,17,18). The van der Waals surface area contributed by atoms with E-state index in [2.05, 4.69) is 5.32 Å². The summed E-state index contributed by atoms with van der Waals surface area (Å²) in [6.45, 7) is 3.22. The third kappa shape index (κ3) is 3.69. The Balaban J connectivity index is 1.63. The lowest BCUT2D eigenvalue weighted by molar-refractivity contribution is -0.130. The van der Waals surface area contributed by atoms with E-state index in [1.165, 1.54) is 32.1 Å². The summed E-state index contributed by atoms with van der Waals surface area (Å²) >= 11 is 0. The molecule has 1 amide bonds. The van der Waals surface area contributed by atoms with E-state index in [4.69, 9.17) is 10.5 Å². The number of hydrogen-bond donors (Lipinski definition) is 2. The second-order valence-electron chi connectivity index (χ2n) is 6.30. The topological polar surface area (TPSA) is 64.3 Å². The second-order valence-corrected chi connectivity index (χ2v) is 6.30. The lowest BCUT2D eigenvalue weighted by Crippen LogP contribution is -2.48. The first kappa shape index (κ1) is 14.8. The molecule has 2 atom stereocenters. The Morgan fingerprint density at radius 3 is 2.63 bits per heavy atom. The zero-order chi connectivity index (χ0) is 13.7. The zero-order valence-electron chi connectivity index (χ0n) is 12.1. The molecule has 110 valence electrons. The van der Waals surface area contributed by atoms with Crippen LogP contribution in [0.5, 0.6) is 0 Å². The number of amides is 1. The van der Waals surface area contributed by atoms with Crippen LogP contribution >= 0.6 is 0 Å². The predicted molar refractivity (Wildman–Crippen MR) is 75.8 cm³/mol. The molecule has 2 saturated carbocycles. The van der Waals surface area contributed by atoms with Crippen LogP contribution in [0.4, 0.5) is 0 Å². The number of nitrogens with one attached hydrogen (secondary N) is 1. The molecule has 19 heavy (non-hydrogen) atoms. The first-order valence-electron chi connectivity index (χ1n) is 7.78. The highest BCUT2D eigenvalue weighted by molar-refractivity contribution is 5.83. The van der Waals surface area contributed by atoms with Crippen LogP contribution < -0.4 is 11.1 Å². The summed E-state index contributed by atoms with van der Waals surface area (Å²) < 4.78 is 5.81. The smallest absolute Gasteiger partial charge is 0.227 e. The van der Waals surface area contributed by atoms with Crippen LogP contribution in [-0.2, 0) is 9.53 Å². The van der Waals surface area contributed by atoms with Crippen molar-refractivity contribution in [3.05, 3.63) is 0 Å². The Morgan fingerprint density at radius 2 is 2.00 bits per heavy atom. The molecule has 2 aliphatic rings. The van der Waals surface area contributed by atoms with Crippen molar-refractivity contribution in [1.82, 2.24) is 5.32 Å². The van der Waals surface area contributed by atoms with Crippen molar-refractivity contribution >= 4 is 5.91 Å². The molecule has 0 aromatic rings. The summed E-state index contributed by atoms with van der Waals surface area (Å²) in [5, 5.41) is 2.99. The van der Waals surface area contributed by atoms with Gasteiger partial charge in [0.1, 0.15) is 0 Å². The first-order valence-corrected chi connectivity index (χ1v) is 7.78. The molecule has 0 heterocycles. The maximum Gasteiger partial charge on any atom is 0.227 e. The van der Waals surface area contributed by atoms with Gasteiger partial charge in [-0.05, 0) is 32.6 Å². The number of rotatable bonds is 5. The SMILES string of the molecule is CC1(C(=O)NCCOC2CCCCC2)CCCC1N. The molecule has 0 saturated heterocycles. The van der Waals surface area contributed by atoms with Gasteiger partial charge in [0.2, 0.25) is 5.91 Å². The fraction of sp³-hybridized carbons (Fsp3) is 0.933. The monoisotopic (exact) mass is 268 g/mol. The molecule has 0 aromatic heterocycles. The third-order valence-corrected chi connectivity index (χ3v) is 4.84. The van der Waals surface area contributed by atoms with Crippen molar-refractivity contribution < 1.29 is 9.53 Å². The van der Waals surface area contributed by atoms with E-state index >= 15 is 0 Å². The molecule has 2 unspecified atom stereocenters. The van der Waals surface area contributed by atoms with Crippen molar-refractivity contribution in [2.24, 2.45) is 11.1 Å². The Hall–Kier alpha value is -0.610. The van der Waals surface area contributed by atoms with Crippen LogP contribution in [0, 0.1) is 5.41 Å². The summed E-state index contributed by atoms with van der Waals surface area (Å²) in [5.41, 5.74) is 5.67. The normalized spacial score (nSPS) is 32.4. The molecule has 4 heteroatoms. The number of hydrogen-bond acceptors (Lipinski definition) is 3. The predicted octanol–water partition coefficient (Wildman–Crippen LogP) is 1.97. The van der Waals surface area contributed by atoms with Crippen LogP contribution in [0.3, 0.4) is 0 Å². The van der Waals surface area contributed by atoms with E-state index in [-0.39, 0.29) is 17.4 Å². The lowest BCUT2D eigenvalue weighted by atomic mass is 9.84. The van der Waals surface area contributed by atoms with Crippen molar-refractivity contribution in [3.63, 3.8) is 0 Å². The van der Waals surface area contributed by atoms with E-state index in [0.29, 0.717) is 19.3 Å². The van der Waals surface area contributed by atoms with Gasteiger partial charge in [-0.1, -0.05) is 25.7 Å². The molecule has 2 rings (SSSR count). The molecule has 0 radical (unpaired) electrons. The molecular formula is C15H28N2O2. The Kier molecular flexibility index (Phi) is 5.22. The van der Waals surface area contributed by atoms with Crippen LogP contribution in [0.1, 0.15) is 58.3 Å². The third-order valence-electron chi connectivity index (χ3n) is 4.84. The summed E-state index contributed by atoms with van der Waals surface area (Å²) in [6.07, 6.45) is 9.60. The molecule has 0 aliphatic heterocycles. The van der Waals surface area contributed by atoms with Crippen molar-refractivity contribution in [2.45, 2.75) is 70.4 Å². The summed E-state index contributed by atoms with van der Waals surface area (Å²) in [4.78, 5) is 12.2. The fourth-order valence-electron chi connectivity index (χ4n) is 3.30. The zero-order valence-corrected chi connectivity index (χ0v) is 12.1. The van der Waals surface area contributed by atoms with Crippen molar-refractivity contribution in [2.75, 3.05) is 13.2 Å². The number of carbonyl (C=O) groups is 1. The molecule has 0 bridgehead atoms. The van der Waals surface area contributed by atoms with E-state index in [1.807, 2.05) is 6.92 Å². The van der Waals surface area contributed by atoms with Crippen LogP contribution in [0.2, 0.25) is 0 Å². The molecule has 0 spiro atoms. The van der Waals surface area contributed by atoms with E-state index in [0.717, 1.165) is 19.3 Å². The number of ether oxygens (including phenoxy) is 1. The summed E-state index contributed by atoms with van der Waals surface area (Å²) in [6, 6.07) is 0.00626. The molecule has 4 nitrogen and oxygen atoms in total. The van der Waals surface area contributed by atoms with Crippen molar-refractivity contribution in [3.8, 4) is 0 Å². The quantitative estimate of drug-likeness (QED) is 0.749. The van der Waals surface area contributed by atoms with Crippen molar-refractivity contribution in [1.29, 1.82) is 0 Å². The Labute approximate surface area is 116 Å². The van der Waals surface area contributed by atoms with Crippen LogP contribution in [0.25, 0.3) is 0 Å². The van der Waals surface area contributed by atoms with Crippen LogP contribution in [-0.4, -0.2) is 31.2 Å². The van der Waals surface area contributed by atoms with Gasteiger partial charge in [-0.3, -0.25) is 4.79 Å². The lowest BCUT2D eigenvalue weighted by Gasteiger charge is -2.28. The van der Waals surface area contributed by atoms with Gasteiger partial charge < -0.3 is 15.8 Å². The van der Waals surface area contributed by atoms with E-state index < -0.39 is 0 Å². The van der Waals surface area contributed by atoms with E-state index in [1.54, 1.807) is 0 Å². The minimum atomic E-state index is -0.370. The Morgan fingerprint density at radius 1 is 1.26 bits per heavy atom. The molecule has 2 fully saturated rings. The van der Waals surface area contributed by atoms with E-state index in [9.17, 15) is 4.79 Å². The number of carbonyl (C=O) groups excluding carboxylic acids is 1. The fourth-order valence-corrected chi connectivity index (χ4v) is 3.30. The second kappa shape index (κ2) is 6.71. The van der Waals surface area contributed by atoms with Gasteiger partial charge in [0.25, 0.3) is 0 Å². The van der Waals surface area contributed by atoms with Crippen LogP contribution in [0.15, 0.2) is 0 Å². The summed E-state index contributed by atoms with van der Waals surface area (Å²) in [7, 11) is 0. The Bertz CT molecular complexity index is 303. The average Bonchev–Trinajstić information content (AvgIpc) is 2.77. The highest BCUT2D eigenvalue weighted by atomic mass is 16.5.